The maximum absolute atomic E-state index is 12.3. The summed E-state index contributed by atoms with van der Waals surface area (Å²) < 4.78 is 31.6. The normalized spacial score (nSPS) is 16.3. The Bertz CT molecular complexity index is 708. The van der Waals surface area contributed by atoms with Gasteiger partial charge in [-0.2, -0.15) is 0 Å². The van der Waals surface area contributed by atoms with Crippen LogP contribution in [0.3, 0.4) is 0 Å². The lowest BCUT2D eigenvalue weighted by atomic mass is 10.1. The molecule has 138 valence electrons. The number of carbonyl (C=O) groups excluding carboxylic acids is 1. The van der Waals surface area contributed by atoms with Crippen molar-refractivity contribution in [1.29, 1.82) is 0 Å². The minimum Gasteiger partial charge on any atom is -0.496 e. The Hall–Kier alpha value is -1.86. The van der Waals surface area contributed by atoms with E-state index in [1.165, 1.54) is 0 Å². The van der Waals surface area contributed by atoms with E-state index in [1.54, 1.807) is 24.2 Å². The molecule has 0 radical (unpaired) electrons. The van der Waals surface area contributed by atoms with Crippen LogP contribution >= 0.6 is 0 Å². The minimum absolute atomic E-state index is 0.0687. The maximum atomic E-state index is 12.3. The Balaban J connectivity index is 1.88. The number of carbonyl (C=O) groups is 1. The third-order valence-corrected chi connectivity index (χ3v) is 5.81. The van der Waals surface area contributed by atoms with E-state index in [4.69, 9.17) is 4.74 Å². The van der Waals surface area contributed by atoms with E-state index < -0.39 is 10.0 Å². The predicted molar refractivity (Wildman–Crippen MR) is 98.8 cm³/mol. The van der Waals surface area contributed by atoms with Gasteiger partial charge < -0.3 is 9.64 Å². The number of nitrogens with zero attached hydrogens (tertiary/aromatic N) is 1. The molecule has 0 unspecified atom stereocenters. The molecule has 1 aliphatic heterocycles. The van der Waals surface area contributed by atoms with Crippen LogP contribution in [-0.4, -0.2) is 51.2 Å². The lowest BCUT2D eigenvalue weighted by molar-refractivity contribution is -0.126. The van der Waals surface area contributed by atoms with Crippen LogP contribution in [-0.2, 0) is 14.8 Å². The lowest BCUT2D eigenvalue weighted by Crippen LogP contribution is -2.46. The highest BCUT2D eigenvalue weighted by molar-refractivity contribution is 7.89. The number of hydrogen-bond donors (Lipinski definition) is 1. The molecule has 1 N–H and O–H groups in total. The molecule has 0 saturated carbocycles. The number of nitrogens with one attached hydrogen (secondary N) is 1. The largest absolute Gasteiger partial charge is 0.496 e. The molecule has 1 saturated heterocycles. The fourth-order valence-corrected chi connectivity index (χ4v) is 4.27. The molecule has 1 aromatic carbocycles. The Morgan fingerprint density at radius 2 is 2.00 bits per heavy atom. The van der Waals surface area contributed by atoms with Crippen molar-refractivity contribution in [3.63, 3.8) is 0 Å². The van der Waals surface area contributed by atoms with E-state index in [9.17, 15) is 13.2 Å². The smallest absolute Gasteiger partial charge is 0.246 e. The summed E-state index contributed by atoms with van der Waals surface area (Å²) in [6, 6.07) is 7.41. The topological polar surface area (TPSA) is 75.7 Å². The second kappa shape index (κ2) is 9.01. The first-order valence-corrected chi connectivity index (χ1v) is 10.2. The molecule has 0 spiro atoms. The summed E-state index contributed by atoms with van der Waals surface area (Å²) >= 11 is 0. The van der Waals surface area contributed by atoms with Crippen molar-refractivity contribution >= 4 is 22.0 Å². The van der Waals surface area contributed by atoms with Gasteiger partial charge in [-0.3, -0.25) is 4.79 Å². The summed E-state index contributed by atoms with van der Waals surface area (Å²) in [6.07, 6.45) is 5.16. The van der Waals surface area contributed by atoms with Crippen molar-refractivity contribution in [2.75, 3.05) is 26.0 Å². The van der Waals surface area contributed by atoms with E-state index in [2.05, 4.69) is 4.72 Å². The van der Waals surface area contributed by atoms with Crippen LogP contribution in [0.4, 0.5) is 0 Å². The predicted octanol–water partition coefficient (Wildman–Crippen LogP) is 2.03. The van der Waals surface area contributed by atoms with Gasteiger partial charge in [-0.15, -0.1) is 0 Å². The number of sulfonamides is 1. The highest BCUT2D eigenvalue weighted by Gasteiger charge is 2.24. The quantitative estimate of drug-likeness (QED) is 0.749. The van der Waals surface area contributed by atoms with E-state index >= 15 is 0 Å². The second-order valence-corrected chi connectivity index (χ2v) is 7.99. The molecule has 1 aromatic rings. The lowest BCUT2D eigenvalue weighted by Gasteiger charge is -2.31. The summed E-state index contributed by atoms with van der Waals surface area (Å²) in [5.74, 6) is 0.796. The first-order valence-electron chi connectivity index (χ1n) is 8.55. The monoisotopic (exact) mass is 366 g/mol. The van der Waals surface area contributed by atoms with Crippen molar-refractivity contribution in [3.8, 4) is 5.75 Å². The van der Waals surface area contributed by atoms with Gasteiger partial charge in [0.05, 0.1) is 12.9 Å². The van der Waals surface area contributed by atoms with E-state index in [1.807, 2.05) is 31.2 Å². The zero-order chi connectivity index (χ0) is 18.3. The number of benzene rings is 1. The SMILES string of the molecule is CCCS(=O)(=O)NC1CCN(C(=O)/C=C/c2ccccc2OC)CC1. The number of ether oxygens (including phenoxy) is 1. The number of rotatable bonds is 7. The summed E-state index contributed by atoms with van der Waals surface area (Å²) in [6.45, 7) is 2.94. The molecule has 1 fully saturated rings. The molecule has 7 heteroatoms. The van der Waals surface area contributed by atoms with Gasteiger partial charge in [-0.05, 0) is 31.4 Å². The van der Waals surface area contributed by atoms with Gasteiger partial charge in [0.25, 0.3) is 0 Å². The van der Waals surface area contributed by atoms with Gasteiger partial charge in [0.2, 0.25) is 15.9 Å². The molecule has 1 aliphatic rings. The Morgan fingerprint density at radius 1 is 1.32 bits per heavy atom. The average Bonchev–Trinajstić information content (AvgIpc) is 2.60. The third-order valence-electron chi connectivity index (χ3n) is 4.17. The molecule has 1 amide bonds. The summed E-state index contributed by atoms with van der Waals surface area (Å²) in [5.41, 5.74) is 0.848. The van der Waals surface area contributed by atoms with Crippen LogP contribution in [0, 0.1) is 0 Å². The minimum atomic E-state index is -3.20. The zero-order valence-electron chi connectivity index (χ0n) is 14.8. The number of amides is 1. The van der Waals surface area contributed by atoms with Crippen LogP contribution in [0.2, 0.25) is 0 Å². The van der Waals surface area contributed by atoms with Gasteiger partial charge in [0.15, 0.2) is 0 Å². The molecular weight excluding hydrogens is 340 g/mol. The first kappa shape index (κ1) is 19.5. The summed E-state index contributed by atoms with van der Waals surface area (Å²) in [5, 5.41) is 0. The van der Waals surface area contributed by atoms with E-state index in [-0.39, 0.29) is 17.7 Å². The molecule has 0 aliphatic carbocycles. The highest BCUT2D eigenvalue weighted by Crippen LogP contribution is 2.19. The third kappa shape index (κ3) is 5.86. The molecule has 2 rings (SSSR count). The Labute approximate surface area is 149 Å². The number of piperidine rings is 1. The standard InChI is InChI=1S/C18H26N2O4S/c1-3-14-25(22,23)19-16-10-12-20(13-11-16)18(21)9-8-15-6-4-5-7-17(15)24-2/h4-9,16,19H,3,10-14H2,1-2H3/b9-8+. The van der Waals surface area contributed by atoms with Crippen molar-refractivity contribution in [2.24, 2.45) is 0 Å². The zero-order valence-corrected chi connectivity index (χ0v) is 15.6. The molecule has 0 bridgehead atoms. The van der Waals surface area contributed by atoms with Gasteiger partial charge in [0.1, 0.15) is 5.75 Å². The summed E-state index contributed by atoms with van der Waals surface area (Å²) in [4.78, 5) is 14.1. The van der Waals surface area contributed by atoms with Crippen LogP contribution in [0.1, 0.15) is 31.7 Å². The van der Waals surface area contributed by atoms with Gasteiger partial charge >= 0.3 is 0 Å². The second-order valence-electron chi connectivity index (χ2n) is 6.11. The van der Waals surface area contributed by atoms with E-state index in [0.717, 1.165) is 11.3 Å². The Kier molecular flexibility index (Phi) is 7.01. The van der Waals surface area contributed by atoms with Crippen molar-refractivity contribution < 1.29 is 17.9 Å². The van der Waals surface area contributed by atoms with Crippen molar-refractivity contribution in [1.82, 2.24) is 9.62 Å². The van der Waals surface area contributed by atoms with Crippen LogP contribution < -0.4 is 9.46 Å². The fourth-order valence-electron chi connectivity index (χ4n) is 2.87. The molecular formula is C18H26N2O4S. The first-order chi connectivity index (χ1) is 11.9. The number of methoxy groups -OCH3 is 1. The average molecular weight is 366 g/mol. The van der Waals surface area contributed by atoms with Gasteiger partial charge in [0, 0.05) is 30.8 Å². The number of likely N-dealkylation sites (tertiary alicyclic amines) is 1. The van der Waals surface area contributed by atoms with Crippen LogP contribution in [0.25, 0.3) is 6.08 Å². The van der Waals surface area contributed by atoms with Gasteiger partial charge in [-0.1, -0.05) is 25.1 Å². The van der Waals surface area contributed by atoms with Crippen LogP contribution in [0.15, 0.2) is 30.3 Å². The van der Waals surface area contributed by atoms with Crippen molar-refractivity contribution in [3.05, 3.63) is 35.9 Å². The number of hydrogen-bond acceptors (Lipinski definition) is 4. The molecule has 1 heterocycles. The molecule has 0 atom stereocenters. The fraction of sp³-hybridized carbons (Fsp3) is 0.500. The van der Waals surface area contributed by atoms with Crippen molar-refractivity contribution in [2.45, 2.75) is 32.2 Å². The highest BCUT2D eigenvalue weighted by atomic mass is 32.2. The van der Waals surface area contributed by atoms with E-state index in [0.29, 0.717) is 32.4 Å². The maximum Gasteiger partial charge on any atom is 0.246 e. The number of para-hydroxylation sites is 1. The molecule has 0 aromatic heterocycles. The summed E-state index contributed by atoms with van der Waals surface area (Å²) in [7, 11) is -1.61. The van der Waals surface area contributed by atoms with Gasteiger partial charge in [-0.25, -0.2) is 13.1 Å². The molecule has 6 nitrogen and oxygen atoms in total. The Morgan fingerprint density at radius 3 is 2.64 bits per heavy atom. The molecule has 25 heavy (non-hydrogen) atoms. The van der Waals surface area contributed by atoms with Crippen LogP contribution in [0.5, 0.6) is 5.75 Å².